The molecule has 0 bridgehead atoms. The van der Waals surface area contributed by atoms with Crippen LogP contribution in [0.5, 0.6) is 23.0 Å². The molecule has 174 valence electrons. The molecule has 1 heterocycles. The Hall–Kier alpha value is -3.22. The number of benzene rings is 3. The first-order valence-corrected chi connectivity index (χ1v) is 11.3. The van der Waals surface area contributed by atoms with Crippen molar-refractivity contribution >= 4 is 0 Å². The largest absolute Gasteiger partial charge is 0.493 e. The smallest absolute Gasteiger partial charge is 0.165 e. The normalized spacial score (nSPS) is 15.0. The Bertz CT molecular complexity index is 1040. The number of nitrogens with one attached hydrogen (secondary N) is 1. The van der Waals surface area contributed by atoms with Crippen LogP contribution in [-0.4, -0.2) is 52.4 Å². The summed E-state index contributed by atoms with van der Waals surface area (Å²) >= 11 is 0. The summed E-state index contributed by atoms with van der Waals surface area (Å²) in [6.45, 7) is 4.23. The van der Waals surface area contributed by atoms with Crippen LogP contribution in [-0.2, 0) is 6.61 Å². The summed E-state index contributed by atoms with van der Waals surface area (Å²) in [6.07, 6.45) is 0. The van der Waals surface area contributed by atoms with E-state index in [9.17, 15) is 0 Å². The Kier molecular flexibility index (Phi) is 7.70. The number of piperazine rings is 1. The number of para-hydroxylation sites is 1. The molecule has 6 nitrogen and oxygen atoms in total. The Balaban J connectivity index is 1.70. The lowest BCUT2D eigenvalue weighted by Crippen LogP contribution is -2.45. The van der Waals surface area contributed by atoms with E-state index in [4.69, 9.17) is 18.9 Å². The zero-order chi connectivity index (χ0) is 23.0. The highest BCUT2D eigenvalue weighted by Crippen LogP contribution is 2.42. The Morgan fingerprint density at radius 1 is 0.788 bits per heavy atom. The van der Waals surface area contributed by atoms with Gasteiger partial charge >= 0.3 is 0 Å². The van der Waals surface area contributed by atoms with Gasteiger partial charge in [-0.3, -0.25) is 4.90 Å². The highest BCUT2D eigenvalue weighted by molar-refractivity contribution is 5.53. The van der Waals surface area contributed by atoms with E-state index in [0.717, 1.165) is 60.1 Å². The van der Waals surface area contributed by atoms with Crippen molar-refractivity contribution in [3.8, 4) is 23.0 Å². The maximum absolute atomic E-state index is 6.09. The number of methoxy groups -OCH3 is 3. The van der Waals surface area contributed by atoms with Gasteiger partial charge in [-0.15, -0.1) is 0 Å². The van der Waals surface area contributed by atoms with Gasteiger partial charge in [0.2, 0.25) is 0 Å². The van der Waals surface area contributed by atoms with E-state index >= 15 is 0 Å². The second-order valence-electron chi connectivity index (χ2n) is 7.96. The molecule has 0 saturated carbocycles. The number of hydrogen-bond acceptors (Lipinski definition) is 6. The lowest BCUT2D eigenvalue weighted by Gasteiger charge is -2.36. The molecule has 1 saturated heterocycles. The lowest BCUT2D eigenvalue weighted by atomic mass is 9.94. The van der Waals surface area contributed by atoms with Crippen LogP contribution in [0.15, 0.2) is 66.7 Å². The molecule has 0 aliphatic carbocycles. The topological polar surface area (TPSA) is 52.2 Å². The Labute approximate surface area is 196 Å². The van der Waals surface area contributed by atoms with Crippen LogP contribution in [0.3, 0.4) is 0 Å². The molecule has 1 aliphatic rings. The molecule has 0 spiro atoms. The molecule has 0 amide bonds. The molecule has 0 aromatic heterocycles. The van der Waals surface area contributed by atoms with Crippen molar-refractivity contribution in [2.45, 2.75) is 12.6 Å². The summed E-state index contributed by atoms with van der Waals surface area (Å²) in [7, 11) is 5.04. The van der Waals surface area contributed by atoms with Crippen molar-refractivity contribution in [2.24, 2.45) is 0 Å². The third-order valence-corrected chi connectivity index (χ3v) is 5.99. The van der Waals surface area contributed by atoms with E-state index in [-0.39, 0.29) is 6.04 Å². The summed E-state index contributed by atoms with van der Waals surface area (Å²) in [5.74, 6) is 2.92. The van der Waals surface area contributed by atoms with E-state index in [0.29, 0.717) is 12.4 Å². The molecule has 1 fully saturated rings. The number of hydrogen-bond donors (Lipinski definition) is 1. The van der Waals surface area contributed by atoms with Gasteiger partial charge in [-0.25, -0.2) is 0 Å². The molecule has 1 N–H and O–H groups in total. The zero-order valence-electron chi connectivity index (χ0n) is 19.5. The first-order valence-electron chi connectivity index (χ1n) is 11.3. The molecule has 6 heteroatoms. The standard InChI is InChI=1S/C27H32N2O4/c1-30-24-11-7-10-22(27(24)32-3)26(29-16-14-28-15-17-29)21-12-13-23(25(18-21)31-2)33-19-20-8-5-4-6-9-20/h4-13,18,26,28H,14-17,19H2,1-3H3. The minimum atomic E-state index is -0.00535. The quantitative estimate of drug-likeness (QED) is 0.527. The van der Waals surface area contributed by atoms with Crippen molar-refractivity contribution < 1.29 is 18.9 Å². The predicted octanol–water partition coefficient (Wildman–Crippen LogP) is 4.29. The van der Waals surface area contributed by atoms with Gasteiger partial charge in [0.05, 0.1) is 27.4 Å². The summed E-state index contributed by atoms with van der Waals surface area (Å²) < 4.78 is 23.2. The van der Waals surface area contributed by atoms with Gasteiger partial charge in [0.15, 0.2) is 23.0 Å². The molecule has 3 aromatic carbocycles. The Morgan fingerprint density at radius 3 is 2.24 bits per heavy atom. The maximum atomic E-state index is 6.09. The molecule has 4 rings (SSSR count). The van der Waals surface area contributed by atoms with E-state index in [2.05, 4.69) is 40.5 Å². The van der Waals surface area contributed by atoms with Gasteiger partial charge in [-0.2, -0.15) is 0 Å². The second-order valence-corrected chi connectivity index (χ2v) is 7.96. The van der Waals surface area contributed by atoms with Gasteiger partial charge in [0, 0.05) is 31.7 Å². The SMILES string of the molecule is COc1cc(C(c2cccc(OC)c2OC)N2CCNCC2)ccc1OCc1ccccc1. The summed E-state index contributed by atoms with van der Waals surface area (Å²) in [5, 5.41) is 3.45. The van der Waals surface area contributed by atoms with Crippen LogP contribution in [0, 0.1) is 0 Å². The van der Waals surface area contributed by atoms with Crippen LogP contribution in [0.1, 0.15) is 22.7 Å². The first kappa shape index (κ1) is 23.0. The van der Waals surface area contributed by atoms with Crippen LogP contribution in [0.4, 0.5) is 0 Å². The van der Waals surface area contributed by atoms with E-state index in [1.165, 1.54) is 0 Å². The van der Waals surface area contributed by atoms with E-state index in [1.54, 1.807) is 21.3 Å². The van der Waals surface area contributed by atoms with Gasteiger partial charge in [-0.05, 0) is 29.3 Å². The fourth-order valence-electron chi connectivity index (χ4n) is 4.36. The molecule has 1 atom stereocenters. The van der Waals surface area contributed by atoms with Gasteiger partial charge in [0.25, 0.3) is 0 Å². The minimum Gasteiger partial charge on any atom is -0.493 e. The fourth-order valence-corrected chi connectivity index (χ4v) is 4.36. The molecule has 1 unspecified atom stereocenters. The van der Waals surface area contributed by atoms with Gasteiger partial charge < -0.3 is 24.3 Å². The van der Waals surface area contributed by atoms with Crippen molar-refractivity contribution in [3.63, 3.8) is 0 Å². The van der Waals surface area contributed by atoms with Crippen molar-refractivity contribution in [1.82, 2.24) is 10.2 Å². The highest BCUT2D eigenvalue weighted by atomic mass is 16.5. The van der Waals surface area contributed by atoms with Crippen molar-refractivity contribution in [2.75, 3.05) is 47.5 Å². The highest BCUT2D eigenvalue weighted by Gasteiger charge is 2.28. The molecule has 3 aromatic rings. The maximum Gasteiger partial charge on any atom is 0.165 e. The fraction of sp³-hybridized carbons (Fsp3) is 0.333. The van der Waals surface area contributed by atoms with Crippen LogP contribution in [0.25, 0.3) is 0 Å². The zero-order valence-corrected chi connectivity index (χ0v) is 19.5. The third-order valence-electron chi connectivity index (χ3n) is 5.99. The molecule has 0 radical (unpaired) electrons. The molecular formula is C27H32N2O4. The first-order chi connectivity index (χ1) is 16.2. The summed E-state index contributed by atoms with van der Waals surface area (Å²) in [5.41, 5.74) is 3.30. The van der Waals surface area contributed by atoms with Crippen molar-refractivity contribution in [1.29, 1.82) is 0 Å². The second kappa shape index (κ2) is 11.1. The molecular weight excluding hydrogens is 416 g/mol. The van der Waals surface area contributed by atoms with Crippen LogP contribution >= 0.6 is 0 Å². The van der Waals surface area contributed by atoms with E-state index < -0.39 is 0 Å². The predicted molar refractivity (Wildman–Crippen MR) is 130 cm³/mol. The lowest BCUT2D eigenvalue weighted by molar-refractivity contribution is 0.194. The number of rotatable bonds is 9. The monoisotopic (exact) mass is 448 g/mol. The van der Waals surface area contributed by atoms with Gasteiger partial charge in [0.1, 0.15) is 6.61 Å². The average molecular weight is 449 g/mol. The molecule has 1 aliphatic heterocycles. The summed E-state index contributed by atoms with van der Waals surface area (Å²) in [4.78, 5) is 2.47. The van der Waals surface area contributed by atoms with Crippen LogP contribution < -0.4 is 24.3 Å². The third kappa shape index (κ3) is 5.24. The van der Waals surface area contributed by atoms with Gasteiger partial charge in [-0.1, -0.05) is 48.5 Å². The minimum absolute atomic E-state index is 0.00535. The van der Waals surface area contributed by atoms with E-state index in [1.807, 2.05) is 36.4 Å². The number of ether oxygens (including phenoxy) is 4. The summed E-state index contributed by atoms with van der Waals surface area (Å²) in [6, 6.07) is 22.4. The number of nitrogens with zero attached hydrogens (tertiary/aromatic N) is 1. The molecule has 33 heavy (non-hydrogen) atoms. The Morgan fingerprint density at radius 2 is 1.55 bits per heavy atom. The average Bonchev–Trinajstić information content (AvgIpc) is 2.89. The van der Waals surface area contributed by atoms with Crippen LogP contribution in [0.2, 0.25) is 0 Å². The van der Waals surface area contributed by atoms with Crippen molar-refractivity contribution in [3.05, 3.63) is 83.4 Å².